The molecule has 0 saturated carbocycles. The Balaban J connectivity index is 2.97. The third-order valence-corrected chi connectivity index (χ3v) is 3.26. The van der Waals surface area contributed by atoms with Gasteiger partial charge in [-0.25, -0.2) is 0 Å². The van der Waals surface area contributed by atoms with Crippen molar-refractivity contribution in [2.24, 2.45) is 0 Å². The number of benzene rings is 1. The molecule has 0 aliphatic carbocycles. The summed E-state index contributed by atoms with van der Waals surface area (Å²) in [6.07, 6.45) is 2.56. The van der Waals surface area contributed by atoms with Gasteiger partial charge in [-0.15, -0.1) is 11.8 Å². The number of thioether (sulfide) groups is 1. The Morgan fingerprint density at radius 3 is 2.83 bits per heavy atom. The van der Waals surface area contributed by atoms with Gasteiger partial charge in [0.05, 0.1) is 12.5 Å². The Kier molecular flexibility index (Phi) is 3.89. The molecule has 3 heteroatoms. The zero-order valence-corrected chi connectivity index (χ0v) is 9.65. The second kappa shape index (κ2) is 4.73. The van der Waals surface area contributed by atoms with Crippen molar-refractivity contribution >= 4 is 34.4 Å². The zero-order chi connectivity index (χ0) is 8.97. The fraction of sp³-hybridized carbons (Fsp3) is 0.222. The molecule has 0 bridgehead atoms. The van der Waals surface area contributed by atoms with Gasteiger partial charge in [0.2, 0.25) is 0 Å². The van der Waals surface area contributed by atoms with Crippen LogP contribution in [0.15, 0.2) is 23.1 Å². The van der Waals surface area contributed by atoms with E-state index in [0.717, 1.165) is 5.56 Å². The molecule has 0 unspecified atom stereocenters. The molecule has 0 aromatic heterocycles. The standard InChI is InChI=1S/C9H8INS/c1-12-8-3-2-7(4-5-11)9(10)6-8/h2-3,6H,4H2,1H3. The lowest BCUT2D eigenvalue weighted by Gasteiger charge is -2.01. The predicted molar refractivity (Wildman–Crippen MR) is 60.3 cm³/mol. The van der Waals surface area contributed by atoms with Gasteiger partial charge in [-0.1, -0.05) is 6.07 Å². The van der Waals surface area contributed by atoms with E-state index in [4.69, 9.17) is 5.26 Å². The number of nitriles is 1. The summed E-state index contributed by atoms with van der Waals surface area (Å²) in [4.78, 5) is 1.25. The highest BCUT2D eigenvalue weighted by molar-refractivity contribution is 14.1. The maximum Gasteiger partial charge on any atom is 0.0670 e. The molecule has 62 valence electrons. The Morgan fingerprint density at radius 1 is 1.58 bits per heavy atom. The monoisotopic (exact) mass is 289 g/mol. The lowest BCUT2D eigenvalue weighted by atomic mass is 10.2. The Bertz CT molecular complexity index is 317. The Labute approximate surface area is 90.3 Å². The van der Waals surface area contributed by atoms with Crippen LogP contribution in [0.3, 0.4) is 0 Å². The van der Waals surface area contributed by atoms with Crippen LogP contribution in [0.4, 0.5) is 0 Å². The van der Waals surface area contributed by atoms with Crippen LogP contribution in [0.2, 0.25) is 0 Å². The molecular weight excluding hydrogens is 281 g/mol. The molecule has 1 aromatic rings. The summed E-state index contributed by atoms with van der Waals surface area (Å²) in [6.45, 7) is 0. The first-order valence-electron chi connectivity index (χ1n) is 3.47. The van der Waals surface area contributed by atoms with E-state index in [2.05, 4.69) is 47.0 Å². The molecule has 0 N–H and O–H groups in total. The van der Waals surface area contributed by atoms with Gasteiger partial charge in [0.1, 0.15) is 0 Å². The fourth-order valence-corrected chi connectivity index (χ4v) is 2.24. The highest BCUT2D eigenvalue weighted by Gasteiger charge is 1.99. The van der Waals surface area contributed by atoms with Crippen molar-refractivity contribution in [3.8, 4) is 6.07 Å². The first-order valence-corrected chi connectivity index (χ1v) is 5.77. The molecule has 0 heterocycles. The molecule has 0 radical (unpaired) electrons. The van der Waals surface area contributed by atoms with Crippen molar-refractivity contribution in [3.63, 3.8) is 0 Å². The minimum atomic E-state index is 0.507. The van der Waals surface area contributed by atoms with Crippen LogP contribution in [0, 0.1) is 14.9 Å². The summed E-state index contributed by atoms with van der Waals surface area (Å²) in [5.74, 6) is 0. The van der Waals surface area contributed by atoms with Gasteiger partial charge < -0.3 is 0 Å². The largest absolute Gasteiger partial charge is 0.198 e. The number of rotatable bonds is 2. The van der Waals surface area contributed by atoms with Crippen LogP contribution in [-0.2, 0) is 6.42 Å². The van der Waals surface area contributed by atoms with Gasteiger partial charge in [-0.2, -0.15) is 5.26 Å². The Hall–Kier alpha value is -0.210. The van der Waals surface area contributed by atoms with E-state index in [1.807, 2.05) is 6.07 Å². The van der Waals surface area contributed by atoms with Gasteiger partial charge in [0.15, 0.2) is 0 Å². The van der Waals surface area contributed by atoms with Crippen molar-refractivity contribution in [2.45, 2.75) is 11.3 Å². The van der Waals surface area contributed by atoms with Gasteiger partial charge in [0, 0.05) is 8.47 Å². The molecule has 0 amide bonds. The molecule has 1 rings (SSSR count). The minimum absolute atomic E-state index is 0.507. The quantitative estimate of drug-likeness (QED) is 0.617. The van der Waals surface area contributed by atoms with Gasteiger partial charge in [-0.3, -0.25) is 0 Å². The van der Waals surface area contributed by atoms with Crippen LogP contribution < -0.4 is 0 Å². The first-order chi connectivity index (χ1) is 5.77. The molecule has 1 nitrogen and oxygen atoms in total. The van der Waals surface area contributed by atoms with Crippen LogP contribution in [-0.4, -0.2) is 6.26 Å². The van der Waals surface area contributed by atoms with E-state index in [1.165, 1.54) is 8.47 Å². The minimum Gasteiger partial charge on any atom is -0.198 e. The van der Waals surface area contributed by atoms with Crippen LogP contribution in [0.1, 0.15) is 5.56 Å². The number of nitrogens with zero attached hydrogens (tertiary/aromatic N) is 1. The molecule has 0 atom stereocenters. The lowest BCUT2D eigenvalue weighted by molar-refractivity contribution is 1.22. The van der Waals surface area contributed by atoms with Crippen LogP contribution >= 0.6 is 34.4 Å². The summed E-state index contributed by atoms with van der Waals surface area (Å²) >= 11 is 3.99. The average molecular weight is 289 g/mol. The molecule has 0 aliphatic heterocycles. The molecule has 0 saturated heterocycles. The first kappa shape index (κ1) is 9.87. The normalized spacial score (nSPS) is 9.42. The number of hydrogen-bond acceptors (Lipinski definition) is 2. The number of hydrogen-bond donors (Lipinski definition) is 0. The van der Waals surface area contributed by atoms with Crippen molar-refractivity contribution in [3.05, 3.63) is 27.3 Å². The maximum absolute atomic E-state index is 8.51. The molecule has 0 aliphatic rings. The Morgan fingerprint density at radius 2 is 2.33 bits per heavy atom. The van der Waals surface area contributed by atoms with Crippen molar-refractivity contribution < 1.29 is 0 Å². The highest BCUT2D eigenvalue weighted by atomic mass is 127. The van der Waals surface area contributed by atoms with E-state index < -0.39 is 0 Å². The summed E-state index contributed by atoms with van der Waals surface area (Å²) in [5, 5.41) is 8.51. The predicted octanol–water partition coefficient (Wildman–Crippen LogP) is 3.08. The van der Waals surface area contributed by atoms with Crippen LogP contribution in [0.25, 0.3) is 0 Å². The zero-order valence-electron chi connectivity index (χ0n) is 6.67. The van der Waals surface area contributed by atoms with E-state index in [0.29, 0.717) is 6.42 Å². The SMILES string of the molecule is CSc1ccc(CC#N)c(I)c1. The van der Waals surface area contributed by atoms with E-state index >= 15 is 0 Å². The van der Waals surface area contributed by atoms with Crippen LogP contribution in [0.5, 0.6) is 0 Å². The maximum atomic E-state index is 8.51. The topological polar surface area (TPSA) is 23.8 Å². The second-order valence-corrected chi connectivity index (χ2v) is 4.33. The summed E-state index contributed by atoms with van der Waals surface area (Å²) < 4.78 is 1.18. The summed E-state index contributed by atoms with van der Waals surface area (Å²) in [6, 6.07) is 8.34. The molecule has 12 heavy (non-hydrogen) atoms. The van der Waals surface area contributed by atoms with Crippen molar-refractivity contribution in [1.29, 1.82) is 5.26 Å². The van der Waals surface area contributed by atoms with Gasteiger partial charge in [0.25, 0.3) is 0 Å². The molecule has 0 spiro atoms. The summed E-state index contributed by atoms with van der Waals surface area (Å²) in [7, 11) is 0. The summed E-state index contributed by atoms with van der Waals surface area (Å²) in [5.41, 5.74) is 1.12. The smallest absolute Gasteiger partial charge is 0.0670 e. The molecule has 1 aromatic carbocycles. The van der Waals surface area contributed by atoms with Crippen molar-refractivity contribution in [2.75, 3.05) is 6.26 Å². The molecule has 0 fully saturated rings. The fourth-order valence-electron chi connectivity index (χ4n) is 0.884. The van der Waals surface area contributed by atoms with Gasteiger partial charge >= 0.3 is 0 Å². The third kappa shape index (κ3) is 2.39. The highest BCUT2D eigenvalue weighted by Crippen LogP contribution is 2.20. The van der Waals surface area contributed by atoms with Gasteiger partial charge in [-0.05, 0) is 46.5 Å². The second-order valence-electron chi connectivity index (χ2n) is 2.29. The van der Waals surface area contributed by atoms with E-state index in [-0.39, 0.29) is 0 Å². The molecular formula is C9H8INS. The van der Waals surface area contributed by atoms with E-state index in [1.54, 1.807) is 11.8 Å². The van der Waals surface area contributed by atoms with Crippen molar-refractivity contribution in [1.82, 2.24) is 0 Å². The number of halogens is 1. The van der Waals surface area contributed by atoms with E-state index in [9.17, 15) is 0 Å². The third-order valence-electron chi connectivity index (χ3n) is 1.53. The lowest BCUT2D eigenvalue weighted by Crippen LogP contribution is -1.86. The average Bonchev–Trinajstić information content (AvgIpc) is 2.09.